The van der Waals surface area contributed by atoms with Gasteiger partial charge in [-0.2, -0.15) is 0 Å². The third-order valence-corrected chi connectivity index (χ3v) is 2.28. The molecule has 0 radical (unpaired) electrons. The predicted molar refractivity (Wildman–Crippen MR) is 39.1 cm³/mol. The van der Waals surface area contributed by atoms with E-state index in [9.17, 15) is 4.79 Å². The number of methoxy groups -OCH3 is 1. The average Bonchev–Trinajstić information content (AvgIpc) is 2.30. The molecule has 0 aliphatic heterocycles. The van der Waals surface area contributed by atoms with Crippen molar-refractivity contribution in [3.8, 4) is 0 Å². The fraction of sp³-hybridized carbons (Fsp3) is 0.857. The van der Waals surface area contributed by atoms with E-state index in [1.165, 1.54) is 0 Å². The molecule has 1 aliphatic carbocycles. The summed E-state index contributed by atoms with van der Waals surface area (Å²) < 4.78 is 5.02. The monoisotopic (exact) mass is 159 g/mol. The van der Waals surface area contributed by atoms with Gasteiger partial charge in [-0.3, -0.25) is 4.79 Å². The lowest BCUT2D eigenvalue weighted by atomic mass is 10.0. The molecule has 1 aliphatic rings. The minimum absolute atomic E-state index is 0.0731. The predicted octanol–water partition coefficient (Wildman–Crippen LogP) is -0.177. The van der Waals surface area contributed by atoms with Gasteiger partial charge in [-0.1, -0.05) is 0 Å². The molecule has 0 aromatic carbocycles. The number of carboxylic acid groups (broad SMARTS) is 1. The molecule has 3 N–H and O–H groups in total. The number of aliphatic carboxylic acids is 1. The second kappa shape index (κ2) is 3.19. The van der Waals surface area contributed by atoms with E-state index in [0.29, 0.717) is 6.42 Å². The van der Waals surface area contributed by atoms with Crippen molar-refractivity contribution in [2.24, 2.45) is 11.7 Å². The van der Waals surface area contributed by atoms with Gasteiger partial charge in [0, 0.05) is 13.2 Å². The van der Waals surface area contributed by atoms with E-state index >= 15 is 0 Å². The van der Waals surface area contributed by atoms with Crippen LogP contribution >= 0.6 is 0 Å². The molecule has 0 unspecified atom stereocenters. The first-order valence-electron chi connectivity index (χ1n) is 3.68. The molecule has 0 saturated heterocycles. The molecule has 64 valence electrons. The highest BCUT2D eigenvalue weighted by atomic mass is 16.5. The highest BCUT2D eigenvalue weighted by molar-refractivity contribution is 5.71. The first-order chi connectivity index (χ1) is 5.16. The Kier molecular flexibility index (Phi) is 2.46. The summed E-state index contributed by atoms with van der Waals surface area (Å²) in [6.07, 6.45) is 1.32. The van der Waals surface area contributed by atoms with Crippen LogP contribution < -0.4 is 5.73 Å². The molecule has 1 fully saturated rings. The Bertz CT molecular complexity index is 160. The van der Waals surface area contributed by atoms with Crippen LogP contribution in [0.3, 0.4) is 0 Å². The third kappa shape index (κ3) is 1.52. The maximum Gasteiger partial charge on any atom is 0.308 e. The van der Waals surface area contributed by atoms with Crippen molar-refractivity contribution in [2.75, 3.05) is 7.11 Å². The second-order valence-corrected chi connectivity index (χ2v) is 2.87. The van der Waals surface area contributed by atoms with Gasteiger partial charge < -0.3 is 15.6 Å². The fourth-order valence-corrected chi connectivity index (χ4v) is 1.55. The molecule has 1 saturated carbocycles. The summed E-state index contributed by atoms with van der Waals surface area (Å²) >= 11 is 0. The van der Waals surface area contributed by atoms with Crippen LogP contribution in [0.25, 0.3) is 0 Å². The van der Waals surface area contributed by atoms with Gasteiger partial charge in [-0.05, 0) is 12.8 Å². The van der Waals surface area contributed by atoms with Gasteiger partial charge in [0.25, 0.3) is 0 Å². The highest BCUT2D eigenvalue weighted by Crippen LogP contribution is 2.26. The largest absolute Gasteiger partial charge is 0.481 e. The van der Waals surface area contributed by atoms with Crippen molar-refractivity contribution < 1.29 is 14.6 Å². The number of rotatable bonds is 2. The van der Waals surface area contributed by atoms with Gasteiger partial charge in [0.15, 0.2) is 0 Å². The zero-order chi connectivity index (χ0) is 8.43. The molecule has 4 nitrogen and oxygen atoms in total. The summed E-state index contributed by atoms with van der Waals surface area (Å²) in [6, 6.07) is -0.336. The topological polar surface area (TPSA) is 72.5 Å². The van der Waals surface area contributed by atoms with E-state index in [1.807, 2.05) is 0 Å². The summed E-state index contributed by atoms with van der Waals surface area (Å²) in [5.74, 6) is -1.23. The lowest BCUT2D eigenvalue weighted by molar-refractivity contribution is -0.142. The van der Waals surface area contributed by atoms with E-state index in [1.54, 1.807) is 7.11 Å². The molecule has 0 aromatic heterocycles. The molecule has 0 bridgehead atoms. The molecule has 0 aromatic rings. The Morgan fingerprint density at radius 3 is 2.55 bits per heavy atom. The van der Waals surface area contributed by atoms with Gasteiger partial charge >= 0.3 is 5.97 Å². The third-order valence-electron chi connectivity index (χ3n) is 2.28. The zero-order valence-corrected chi connectivity index (χ0v) is 6.49. The van der Waals surface area contributed by atoms with Gasteiger partial charge in [-0.15, -0.1) is 0 Å². The first-order valence-corrected chi connectivity index (χ1v) is 3.68. The Morgan fingerprint density at radius 1 is 1.64 bits per heavy atom. The van der Waals surface area contributed by atoms with Crippen molar-refractivity contribution in [1.82, 2.24) is 0 Å². The summed E-state index contributed by atoms with van der Waals surface area (Å²) in [5.41, 5.74) is 5.63. The van der Waals surface area contributed by atoms with Gasteiger partial charge in [-0.25, -0.2) is 0 Å². The van der Waals surface area contributed by atoms with Gasteiger partial charge in [0.1, 0.15) is 0 Å². The van der Waals surface area contributed by atoms with Crippen molar-refractivity contribution in [3.63, 3.8) is 0 Å². The summed E-state index contributed by atoms with van der Waals surface area (Å²) in [5, 5.41) is 8.66. The molecule has 0 heterocycles. The van der Waals surface area contributed by atoms with Crippen molar-refractivity contribution in [3.05, 3.63) is 0 Å². The average molecular weight is 159 g/mol. The van der Waals surface area contributed by atoms with Crippen LogP contribution in [0.4, 0.5) is 0 Å². The minimum Gasteiger partial charge on any atom is -0.481 e. The lowest BCUT2D eigenvalue weighted by Crippen LogP contribution is -2.39. The van der Waals surface area contributed by atoms with Crippen LogP contribution in [0.5, 0.6) is 0 Å². The molecular weight excluding hydrogens is 146 g/mol. The number of carbonyl (C=O) groups is 1. The molecule has 11 heavy (non-hydrogen) atoms. The van der Waals surface area contributed by atoms with Gasteiger partial charge in [0.05, 0.1) is 12.0 Å². The number of hydrogen-bond acceptors (Lipinski definition) is 3. The van der Waals surface area contributed by atoms with Crippen molar-refractivity contribution >= 4 is 5.97 Å². The van der Waals surface area contributed by atoms with E-state index in [0.717, 1.165) is 6.42 Å². The lowest BCUT2D eigenvalue weighted by Gasteiger charge is -2.15. The van der Waals surface area contributed by atoms with Crippen LogP contribution in [-0.4, -0.2) is 30.3 Å². The Balaban J connectivity index is 2.55. The maximum absolute atomic E-state index is 10.5. The SMILES string of the molecule is CO[C@H]1CC[C@H](C(=O)O)[C@@H]1N. The van der Waals surface area contributed by atoms with Crippen molar-refractivity contribution in [2.45, 2.75) is 25.0 Å². The summed E-state index contributed by atoms with van der Waals surface area (Å²) in [7, 11) is 1.56. The van der Waals surface area contributed by atoms with Crippen molar-refractivity contribution in [1.29, 1.82) is 0 Å². The van der Waals surface area contributed by atoms with E-state index in [4.69, 9.17) is 15.6 Å². The molecule has 4 heteroatoms. The second-order valence-electron chi connectivity index (χ2n) is 2.87. The van der Waals surface area contributed by atoms with E-state index in [2.05, 4.69) is 0 Å². The minimum atomic E-state index is -0.808. The number of hydrogen-bond donors (Lipinski definition) is 2. The van der Waals surface area contributed by atoms with Gasteiger partial charge in [0.2, 0.25) is 0 Å². The standard InChI is InChI=1S/C7H13NO3/c1-11-5-3-2-4(6(5)8)7(9)10/h4-6H,2-3,8H2,1H3,(H,9,10)/t4-,5-,6-/m0/s1. The summed E-state index contributed by atoms with van der Waals surface area (Å²) in [4.78, 5) is 10.5. The Hall–Kier alpha value is -0.610. The van der Waals surface area contributed by atoms with Crippen LogP contribution in [0.2, 0.25) is 0 Å². The first kappa shape index (κ1) is 8.49. The molecule has 0 spiro atoms. The molecule has 3 atom stereocenters. The van der Waals surface area contributed by atoms with E-state index in [-0.39, 0.29) is 12.1 Å². The van der Waals surface area contributed by atoms with Crippen LogP contribution in [0, 0.1) is 5.92 Å². The summed E-state index contributed by atoms with van der Waals surface area (Å²) in [6.45, 7) is 0. The van der Waals surface area contributed by atoms with E-state index < -0.39 is 11.9 Å². The smallest absolute Gasteiger partial charge is 0.308 e. The van der Waals surface area contributed by atoms with Crippen LogP contribution in [0.15, 0.2) is 0 Å². The normalized spacial score (nSPS) is 37.5. The highest BCUT2D eigenvalue weighted by Gasteiger charge is 2.37. The molecule has 1 rings (SSSR count). The number of carboxylic acids is 1. The quantitative estimate of drug-likeness (QED) is 0.586. The fourth-order valence-electron chi connectivity index (χ4n) is 1.55. The molecule has 0 amide bonds. The van der Waals surface area contributed by atoms with Crippen LogP contribution in [-0.2, 0) is 9.53 Å². The number of ether oxygens (including phenoxy) is 1. The zero-order valence-electron chi connectivity index (χ0n) is 6.49. The molecular formula is C7H13NO3. The van der Waals surface area contributed by atoms with Crippen LogP contribution in [0.1, 0.15) is 12.8 Å². The maximum atomic E-state index is 10.5. The Labute approximate surface area is 65.3 Å². The number of nitrogens with two attached hydrogens (primary N) is 1. The Morgan fingerprint density at radius 2 is 2.27 bits per heavy atom.